The second-order valence-corrected chi connectivity index (χ2v) is 2.72. The molecule has 0 unspecified atom stereocenters. The Morgan fingerprint density at radius 3 is 2.93 bits per heavy atom. The SMILES string of the molecule is O=C(O)c1cccc(OCCCF)c1. The third-order valence-electron chi connectivity index (χ3n) is 1.63. The number of ether oxygens (including phenoxy) is 1. The fourth-order valence-electron chi connectivity index (χ4n) is 0.963. The van der Waals surface area contributed by atoms with Gasteiger partial charge < -0.3 is 9.84 Å². The molecule has 0 fully saturated rings. The van der Waals surface area contributed by atoms with Crippen LogP contribution in [0.25, 0.3) is 0 Å². The van der Waals surface area contributed by atoms with Gasteiger partial charge in [0, 0.05) is 6.42 Å². The first-order valence-corrected chi connectivity index (χ1v) is 4.26. The number of hydrogen-bond acceptors (Lipinski definition) is 2. The monoisotopic (exact) mass is 198 g/mol. The minimum absolute atomic E-state index is 0.169. The highest BCUT2D eigenvalue weighted by molar-refractivity contribution is 5.87. The molecule has 1 rings (SSSR count). The lowest BCUT2D eigenvalue weighted by molar-refractivity contribution is 0.0696. The van der Waals surface area contributed by atoms with Crippen LogP contribution in [0, 0.1) is 0 Å². The fourth-order valence-corrected chi connectivity index (χ4v) is 0.963. The van der Waals surface area contributed by atoms with E-state index >= 15 is 0 Å². The van der Waals surface area contributed by atoms with Crippen LogP contribution in [-0.2, 0) is 0 Å². The van der Waals surface area contributed by atoms with Gasteiger partial charge in [-0.05, 0) is 18.2 Å². The number of carbonyl (C=O) groups is 1. The van der Waals surface area contributed by atoms with E-state index in [1.165, 1.54) is 12.1 Å². The number of hydrogen-bond donors (Lipinski definition) is 1. The van der Waals surface area contributed by atoms with Crippen molar-refractivity contribution in [2.45, 2.75) is 6.42 Å². The highest BCUT2D eigenvalue weighted by Gasteiger charge is 2.03. The number of aromatic carboxylic acids is 1. The summed E-state index contributed by atoms with van der Waals surface area (Å²) in [6.45, 7) is -0.168. The topological polar surface area (TPSA) is 46.5 Å². The predicted octanol–water partition coefficient (Wildman–Crippen LogP) is 2.12. The number of halogens is 1. The Morgan fingerprint density at radius 1 is 1.50 bits per heavy atom. The summed E-state index contributed by atoms with van der Waals surface area (Å²) in [5.74, 6) is -0.542. The van der Waals surface area contributed by atoms with E-state index in [-0.39, 0.29) is 12.2 Å². The van der Waals surface area contributed by atoms with E-state index in [0.29, 0.717) is 12.2 Å². The predicted molar refractivity (Wildman–Crippen MR) is 49.5 cm³/mol. The molecule has 0 spiro atoms. The minimum atomic E-state index is -0.999. The summed E-state index contributed by atoms with van der Waals surface area (Å²) >= 11 is 0. The number of rotatable bonds is 5. The van der Waals surface area contributed by atoms with Crippen molar-refractivity contribution in [3.63, 3.8) is 0 Å². The molecule has 0 heterocycles. The molecule has 0 bridgehead atoms. The standard InChI is InChI=1S/C10H11FO3/c11-5-2-6-14-9-4-1-3-8(7-9)10(12)13/h1,3-4,7H,2,5-6H2,(H,12,13). The molecule has 1 aromatic rings. The maximum Gasteiger partial charge on any atom is 0.335 e. The Kier molecular flexibility index (Phi) is 3.91. The lowest BCUT2D eigenvalue weighted by atomic mass is 10.2. The Morgan fingerprint density at radius 2 is 2.29 bits per heavy atom. The van der Waals surface area contributed by atoms with Gasteiger partial charge in [-0.1, -0.05) is 6.07 Å². The van der Waals surface area contributed by atoms with E-state index < -0.39 is 12.6 Å². The molecule has 0 aromatic heterocycles. The molecular formula is C10H11FO3. The molecule has 0 aliphatic heterocycles. The lowest BCUT2D eigenvalue weighted by Crippen LogP contribution is -2.00. The van der Waals surface area contributed by atoms with E-state index in [4.69, 9.17) is 9.84 Å². The van der Waals surface area contributed by atoms with Gasteiger partial charge in [0.15, 0.2) is 0 Å². The summed E-state index contributed by atoms with van der Waals surface area (Å²) in [5, 5.41) is 8.67. The smallest absolute Gasteiger partial charge is 0.335 e. The molecule has 0 amide bonds. The average molecular weight is 198 g/mol. The third kappa shape index (κ3) is 3.05. The molecular weight excluding hydrogens is 187 g/mol. The lowest BCUT2D eigenvalue weighted by Gasteiger charge is -2.04. The van der Waals surface area contributed by atoms with Crippen LogP contribution in [0.15, 0.2) is 24.3 Å². The van der Waals surface area contributed by atoms with Crippen LogP contribution in [-0.4, -0.2) is 24.4 Å². The fraction of sp³-hybridized carbons (Fsp3) is 0.300. The molecule has 3 nitrogen and oxygen atoms in total. The van der Waals surface area contributed by atoms with Crippen LogP contribution in [0.3, 0.4) is 0 Å². The summed E-state index contributed by atoms with van der Waals surface area (Å²) in [5.41, 5.74) is 0.169. The second kappa shape index (κ2) is 5.21. The Labute approximate surface area is 81.1 Å². The Bertz CT molecular complexity index is 312. The Balaban J connectivity index is 2.59. The van der Waals surface area contributed by atoms with Gasteiger partial charge in [-0.15, -0.1) is 0 Å². The molecule has 0 aliphatic carbocycles. The zero-order valence-electron chi connectivity index (χ0n) is 7.57. The Hall–Kier alpha value is -1.58. The maximum atomic E-state index is 11.7. The first-order valence-electron chi connectivity index (χ1n) is 4.26. The van der Waals surface area contributed by atoms with Gasteiger partial charge in [0.25, 0.3) is 0 Å². The highest BCUT2D eigenvalue weighted by atomic mass is 19.1. The summed E-state index contributed by atoms with van der Waals surface area (Å²) in [7, 11) is 0. The van der Waals surface area contributed by atoms with Gasteiger partial charge in [-0.25, -0.2) is 4.79 Å². The van der Waals surface area contributed by atoms with Gasteiger partial charge in [-0.2, -0.15) is 0 Å². The van der Waals surface area contributed by atoms with Crippen molar-refractivity contribution in [2.75, 3.05) is 13.3 Å². The molecule has 4 heteroatoms. The first-order chi connectivity index (χ1) is 6.74. The van der Waals surface area contributed by atoms with E-state index in [9.17, 15) is 9.18 Å². The average Bonchev–Trinajstić information content (AvgIpc) is 2.19. The quantitative estimate of drug-likeness (QED) is 0.737. The van der Waals surface area contributed by atoms with Crippen LogP contribution in [0.4, 0.5) is 4.39 Å². The van der Waals surface area contributed by atoms with E-state index in [2.05, 4.69) is 0 Å². The summed E-state index contributed by atoms with van der Waals surface area (Å²) in [6, 6.07) is 6.13. The van der Waals surface area contributed by atoms with Gasteiger partial charge in [0.1, 0.15) is 5.75 Å². The van der Waals surface area contributed by atoms with Crippen molar-refractivity contribution < 1.29 is 19.0 Å². The second-order valence-electron chi connectivity index (χ2n) is 2.72. The van der Waals surface area contributed by atoms with Gasteiger partial charge in [0.2, 0.25) is 0 Å². The summed E-state index contributed by atoms with van der Waals surface area (Å²) in [6.07, 6.45) is 0.317. The number of carboxylic acid groups (broad SMARTS) is 1. The van der Waals surface area contributed by atoms with Crippen LogP contribution in [0.5, 0.6) is 5.75 Å². The van der Waals surface area contributed by atoms with Crippen molar-refractivity contribution in [3.8, 4) is 5.75 Å². The van der Waals surface area contributed by atoms with Crippen molar-refractivity contribution in [1.29, 1.82) is 0 Å². The maximum absolute atomic E-state index is 11.7. The third-order valence-corrected chi connectivity index (χ3v) is 1.63. The molecule has 0 radical (unpaired) electrons. The van der Waals surface area contributed by atoms with Crippen molar-refractivity contribution >= 4 is 5.97 Å². The van der Waals surface area contributed by atoms with Gasteiger partial charge in [-0.3, -0.25) is 4.39 Å². The van der Waals surface area contributed by atoms with Crippen molar-refractivity contribution in [1.82, 2.24) is 0 Å². The molecule has 76 valence electrons. The molecule has 0 atom stereocenters. The van der Waals surface area contributed by atoms with E-state index in [1.807, 2.05) is 0 Å². The molecule has 0 aliphatic rings. The van der Waals surface area contributed by atoms with E-state index in [1.54, 1.807) is 12.1 Å². The normalized spacial score (nSPS) is 9.79. The van der Waals surface area contributed by atoms with Crippen LogP contribution >= 0.6 is 0 Å². The molecule has 1 aromatic carbocycles. The molecule has 0 saturated heterocycles. The van der Waals surface area contributed by atoms with Crippen molar-refractivity contribution in [2.24, 2.45) is 0 Å². The van der Waals surface area contributed by atoms with Crippen molar-refractivity contribution in [3.05, 3.63) is 29.8 Å². The van der Waals surface area contributed by atoms with Crippen LogP contribution < -0.4 is 4.74 Å². The minimum Gasteiger partial charge on any atom is -0.493 e. The summed E-state index contributed by atoms with van der Waals surface area (Å²) in [4.78, 5) is 10.6. The molecule has 14 heavy (non-hydrogen) atoms. The summed E-state index contributed by atoms with van der Waals surface area (Å²) < 4.78 is 16.9. The highest BCUT2D eigenvalue weighted by Crippen LogP contribution is 2.13. The van der Waals surface area contributed by atoms with Crippen LogP contribution in [0.2, 0.25) is 0 Å². The largest absolute Gasteiger partial charge is 0.493 e. The van der Waals surface area contributed by atoms with E-state index in [0.717, 1.165) is 0 Å². The number of benzene rings is 1. The van der Waals surface area contributed by atoms with Crippen LogP contribution in [0.1, 0.15) is 16.8 Å². The zero-order valence-corrected chi connectivity index (χ0v) is 7.57. The van der Waals surface area contributed by atoms with Gasteiger partial charge in [0.05, 0.1) is 18.8 Å². The first kappa shape index (κ1) is 10.5. The zero-order chi connectivity index (χ0) is 10.4. The molecule has 1 N–H and O–H groups in total. The number of alkyl halides is 1. The van der Waals surface area contributed by atoms with Gasteiger partial charge >= 0.3 is 5.97 Å². The molecule has 0 saturated carbocycles. The number of carboxylic acids is 1.